The Morgan fingerprint density at radius 2 is 1.88 bits per heavy atom. The average Bonchev–Trinajstić information content (AvgIpc) is 3.56. The molecule has 9 nitrogen and oxygen atoms in total. The van der Waals surface area contributed by atoms with Crippen LogP contribution < -0.4 is 15.6 Å². The highest BCUT2D eigenvalue weighted by atomic mass is 19.2. The van der Waals surface area contributed by atoms with Crippen molar-refractivity contribution in [2.24, 2.45) is 13.0 Å². The van der Waals surface area contributed by atoms with Crippen molar-refractivity contribution in [1.82, 2.24) is 19.4 Å². The van der Waals surface area contributed by atoms with E-state index in [1.54, 1.807) is 32.6 Å². The topological polar surface area (TPSA) is 104 Å². The summed E-state index contributed by atoms with van der Waals surface area (Å²) in [5, 5.41) is 12.8. The van der Waals surface area contributed by atoms with Crippen LogP contribution in [0, 0.1) is 17.6 Å². The van der Waals surface area contributed by atoms with Gasteiger partial charge in [0.05, 0.1) is 16.8 Å². The molecule has 2 aliphatic heterocycles. The maximum atomic E-state index is 15.7. The molecule has 1 aliphatic carbocycles. The number of pyridine rings is 3. The van der Waals surface area contributed by atoms with Crippen LogP contribution in [0.2, 0.25) is 0 Å². The smallest absolute Gasteiger partial charge is 0.341 e. The van der Waals surface area contributed by atoms with Crippen LogP contribution in [0.15, 0.2) is 35.5 Å². The number of nitrogens with zero attached hydrogens (tertiary/aromatic N) is 5. The normalized spacial score (nSPS) is 19.6. The van der Waals surface area contributed by atoms with Gasteiger partial charge in [0.25, 0.3) is 0 Å². The van der Waals surface area contributed by atoms with Crippen molar-refractivity contribution in [3.8, 4) is 22.3 Å². The van der Waals surface area contributed by atoms with E-state index in [1.165, 1.54) is 16.8 Å². The Bertz CT molecular complexity index is 1870. The molecule has 0 saturated carbocycles. The summed E-state index contributed by atoms with van der Waals surface area (Å²) in [5.41, 5.74) is 3.86. The minimum Gasteiger partial charge on any atom is -0.477 e. The lowest BCUT2D eigenvalue weighted by atomic mass is 9.90. The van der Waals surface area contributed by atoms with Crippen molar-refractivity contribution in [1.29, 1.82) is 0 Å². The largest absolute Gasteiger partial charge is 0.477 e. The third kappa shape index (κ3) is 3.83. The molecule has 7 rings (SSSR count). The molecular weight excluding hydrogens is 542 g/mol. The second-order valence-corrected chi connectivity index (χ2v) is 11.6. The molecule has 1 aromatic carbocycles. The van der Waals surface area contributed by atoms with Gasteiger partial charge in [0.15, 0.2) is 11.6 Å². The Labute approximate surface area is 240 Å². The molecule has 3 aliphatic rings. The van der Waals surface area contributed by atoms with E-state index < -0.39 is 23.0 Å². The third-order valence-electron chi connectivity index (χ3n) is 9.33. The van der Waals surface area contributed by atoms with Gasteiger partial charge in [-0.2, -0.15) is 0 Å². The summed E-state index contributed by atoms with van der Waals surface area (Å²) in [5.74, 6) is -2.59. The molecular formula is C31H30F2N6O3. The number of halogens is 2. The van der Waals surface area contributed by atoms with E-state index in [9.17, 15) is 19.1 Å². The zero-order valence-corrected chi connectivity index (χ0v) is 23.5. The summed E-state index contributed by atoms with van der Waals surface area (Å²) in [6.07, 6.45) is 7.05. The number of aromatic carboxylic acids is 1. The lowest BCUT2D eigenvalue weighted by Crippen LogP contribution is -2.47. The van der Waals surface area contributed by atoms with Crippen molar-refractivity contribution in [2.75, 3.05) is 43.9 Å². The summed E-state index contributed by atoms with van der Waals surface area (Å²) in [6, 6.07) is 3.14. The summed E-state index contributed by atoms with van der Waals surface area (Å²) >= 11 is 0. The molecule has 216 valence electrons. The van der Waals surface area contributed by atoms with Crippen LogP contribution in [0.1, 0.15) is 34.5 Å². The number of aryl methyl sites for hydroxylation is 1. The van der Waals surface area contributed by atoms with Gasteiger partial charge in [0, 0.05) is 92.2 Å². The van der Waals surface area contributed by atoms with Gasteiger partial charge in [0.2, 0.25) is 5.43 Å². The van der Waals surface area contributed by atoms with Gasteiger partial charge in [0.1, 0.15) is 11.2 Å². The fraction of sp³-hybridized carbons (Fsp3) is 0.355. The molecule has 2 saturated heterocycles. The lowest BCUT2D eigenvalue weighted by Gasteiger charge is -2.40. The number of likely N-dealkylation sites (tertiary alicyclic amines) is 1. The van der Waals surface area contributed by atoms with E-state index >= 15 is 4.39 Å². The number of benzene rings is 1. The Morgan fingerprint density at radius 3 is 2.64 bits per heavy atom. The van der Waals surface area contributed by atoms with E-state index in [1.807, 2.05) is 0 Å². The highest BCUT2D eigenvalue weighted by molar-refractivity contribution is 5.98. The molecule has 11 heteroatoms. The molecule has 0 radical (unpaired) electrons. The first-order valence-electron chi connectivity index (χ1n) is 14.1. The summed E-state index contributed by atoms with van der Waals surface area (Å²) in [4.78, 5) is 38.9. The molecule has 1 unspecified atom stereocenters. The summed E-state index contributed by atoms with van der Waals surface area (Å²) in [6.45, 7) is 2.46. The quantitative estimate of drug-likeness (QED) is 0.332. The van der Waals surface area contributed by atoms with Gasteiger partial charge >= 0.3 is 5.97 Å². The molecule has 2 atom stereocenters. The number of carbonyl (C=O) groups is 1. The average molecular weight is 573 g/mol. The highest BCUT2D eigenvalue weighted by Gasteiger charge is 2.40. The molecule has 5 heterocycles. The number of fused-ring (bicyclic) bond motifs is 5. The van der Waals surface area contributed by atoms with E-state index in [0.717, 1.165) is 31.6 Å². The fourth-order valence-electron chi connectivity index (χ4n) is 7.19. The lowest BCUT2D eigenvalue weighted by molar-refractivity contribution is 0.0695. The molecule has 4 aromatic rings. The van der Waals surface area contributed by atoms with E-state index in [2.05, 4.69) is 27.1 Å². The van der Waals surface area contributed by atoms with Crippen LogP contribution in [0.3, 0.4) is 0 Å². The number of piperidine rings is 1. The Morgan fingerprint density at radius 1 is 1.10 bits per heavy atom. The molecule has 2 N–H and O–H groups in total. The van der Waals surface area contributed by atoms with Crippen LogP contribution in [0.5, 0.6) is 0 Å². The number of likely N-dealkylation sites (N-methyl/N-ethyl adjacent to an activating group) is 1. The van der Waals surface area contributed by atoms with Crippen molar-refractivity contribution in [2.45, 2.75) is 25.3 Å². The molecule has 3 aromatic heterocycles. The van der Waals surface area contributed by atoms with Crippen molar-refractivity contribution in [3.63, 3.8) is 0 Å². The monoisotopic (exact) mass is 572 g/mol. The molecule has 2 fully saturated rings. The molecule has 42 heavy (non-hydrogen) atoms. The van der Waals surface area contributed by atoms with Gasteiger partial charge in [-0.25, -0.2) is 18.6 Å². The first-order chi connectivity index (χ1) is 20.2. The van der Waals surface area contributed by atoms with Crippen molar-refractivity contribution < 1.29 is 18.7 Å². The zero-order valence-electron chi connectivity index (χ0n) is 23.5. The van der Waals surface area contributed by atoms with Gasteiger partial charge < -0.3 is 24.8 Å². The van der Waals surface area contributed by atoms with Gasteiger partial charge in [-0.15, -0.1) is 0 Å². The van der Waals surface area contributed by atoms with Crippen molar-refractivity contribution >= 4 is 28.4 Å². The number of hydrogen-bond donors (Lipinski definition) is 2. The van der Waals surface area contributed by atoms with E-state index in [4.69, 9.17) is 4.98 Å². The maximum Gasteiger partial charge on any atom is 0.341 e. The Hall–Kier alpha value is -4.38. The van der Waals surface area contributed by atoms with Crippen LogP contribution in [0.4, 0.5) is 20.2 Å². The number of nitrogens with one attached hydrogen (secondary N) is 1. The SMILES string of the molecule is CNc1cc(F)c(F)c2c1Cc1ncc(-c3cnc4c(c3)c(=O)c(C(=O)O)cn4C)c(N3CC[C@H]4CCN(C)C4C3)c1-2. The molecule has 0 spiro atoms. The first-order valence-corrected chi connectivity index (χ1v) is 14.1. The second-order valence-electron chi connectivity index (χ2n) is 11.6. The minimum absolute atomic E-state index is 0.158. The van der Waals surface area contributed by atoms with Crippen LogP contribution >= 0.6 is 0 Å². The molecule has 0 amide bonds. The van der Waals surface area contributed by atoms with E-state index in [-0.39, 0.29) is 16.5 Å². The predicted octanol–water partition coefficient (Wildman–Crippen LogP) is 4.12. The van der Waals surface area contributed by atoms with Gasteiger partial charge in [-0.1, -0.05) is 0 Å². The Kier molecular flexibility index (Phi) is 6.05. The third-order valence-corrected chi connectivity index (χ3v) is 9.33. The van der Waals surface area contributed by atoms with E-state index in [0.29, 0.717) is 64.2 Å². The number of carboxylic acid groups (broad SMARTS) is 1. The zero-order chi connectivity index (χ0) is 29.4. The second kappa shape index (κ2) is 9.59. The van der Waals surface area contributed by atoms with Crippen LogP contribution in [0.25, 0.3) is 33.3 Å². The Balaban J connectivity index is 1.50. The predicted molar refractivity (Wildman–Crippen MR) is 156 cm³/mol. The van der Waals surface area contributed by atoms with Crippen LogP contribution in [-0.2, 0) is 13.5 Å². The van der Waals surface area contributed by atoms with Crippen LogP contribution in [-0.4, -0.2) is 70.3 Å². The minimum atomic E-state index is -1.32. The number of carboxylic acids is 1. The number of anilines is 2. The fourth-order valence-corrected chi connectivity index (χ4v) is 7.19. The maximum absolute atomic E-state index is 15.7. The first kappa shape index (κ1) is 26.5. The van der Waals surface area contributed by atoms with Gasteiger partial charge in [-0.05, 0) is 44.0 Å². The van der Waals surface area contributed by atoms with Gasteiger partial charge in [-0.3, -0.25) is 9.78 Å². The standard InChI is InChI=1S/C31H30F2N6O3/c1-34-22-10-21(32)27(33)25-17(22)9-23-26(25)28(39-7-5-15-4-6-37(2)24(15)14-39)19(12-35-23)16-8-18-29(40)20(31(41)42)13-38(3)30(18)36-11-16/h8,10-13,15,24,34H,4-7,9,14H2,1-3H3,(H,41,42)/t15-,24?/m1/s1. The number of rotatable bonds is 4. The van der Waals surface area contributed by atoms with Crippen molar-refractivity contribution in [3.05, 3.63) is 69.4 Å². The number of hydrogen-bond acceptors (Lipinski definition) is 7. The highest BCUT2D eigenvalue weighted by Crippen LogP contribution is 2.51. The summed E-state index contributed by atoms with van der Waals surface area (Å²) < 4.78 is 32.2. The number of aromatic nitrogens is 3. The molecule has 0 bridgehead atoms. The summed E-state index contributed by atoms with van der Waals surface area (Å²) in [7, 11) is 5.45.